The predicted molar refractivity (Wildman–Crippen MR) is 49.2 cm³/mol. The summed E-state index contributed by atoms with van der Waals surface area (Å²) in [4.78, 5) is 11.4. The van der Waals surface area contributed by atoms with Crippen molar-refractivity contribution in [1.82, 2.24) is 0 Å². The van der Waals surface area contributed by atoms with Crippen molar-refractivity contribution in [1.29, 1.82) is 0 Å². The SMILES string of the molecule is COC(OC)[C@H]1C=C[C@@H](C)C(=O)C1. The molecule has 1 rings (SSSR count). The van der Waals surface area contributed by atoms with Gasteiger partial charge in [-0.25, -0.2) is 0 Å². The second kappa shape index (κ2) is 4.53. The summed E-state index contributed by atoms with van der Waals surface area (Å²) in [6.07, 6.45) is 4.14. The Kier molecular flexibility index (Phi) is 3.63. The summed E-state index contributed by atoms with van der Waals surface area (Å²) in [7, 11) is 3.18. The van der Waals surface area contributed by atoms with Crippen molar-refractivity contribution in [2.45, 2.75) is 19.6 Å². The molecule has 0 fully saturated rings. The van der Waals surface area contributed by atoms with Gasteiger partial charge < -0.3 is 9.47 Å². The molecular weight excluding hydrogens is 168 g/mol. The number of ether oxygens (including phenoxy) is 2. The van der Waals surface area contributed by atoms with Crippen molar-refractivity contribution in [3.05, 3.63) is 12.2 Å². The molecule has 0 aromatic heterocycles. The first-order valence-electron chi connectivity index (χ1n) is 4.45. The number of carbonyl (C=O) groups is 1. The van der Waals surface area contributed by atoms with E-state index in [0.29, 0.717) is 6.42 Å². The minimum absolute atomic E-state index is 0.0469. The van der Waals surface area contributed by atoms with Gasteiger partial charge in [-0.15, -0.1) is 0 Å². The molecule has 0 aromatic carbocycles. The highest BCUT2D eigenvalue weighted by Crippen LogP contribution is 2.23. The van der Waals surface area contributed by atoms with Gasteiger partial charge in [-0.2, -0.15) is 0 Å². The first-order valence-corrected chi connectivity index (χ1v) is 4.45. The summed E-state index contributed by atoms with van der Waals surface area (Å²) in [6.45, 7) is 1.91. The average molecular weight is 184 g/mol. The number of hydrogen-bond acceptors (Lipinski definition) is 3. The molecule has 1 aliphatic rings. The van der Waals surface area contributed by atoms with E-state index in [-0.39, 0.29) is 23.9 Å². The molecule has 3 heteroatoms. The van der Waals surface area contributed by atoms with Crippen LogP contribution in [0.3, 0.4) is 0 Å². The molecule has 0 aromatic rings. The molecule has 0 spiro atoms. The zero-order valence-electron chi connectivity index (χ0n) is 8.32. The monoisotopic (exact) mass is 184 g/mol. The Morgan fingerprint density at radius 3 is 2.46 bits per heavy atom. The molecule has 1 aliphatic carbocycles. The zero-order chi connectivity index (χ0) is 9.84. The van der Waals surface area contributed by atoms with Gasteiger partial charge >= 0.3 is 0 Å². The molecular formula is C10H16O3. The van der Waals surface area contributed by atoms with E-state index in [1.807, 2.05) is 19.1 Å². The summed E-state index contributed by atoms with van der Waals surface area (Å²) < 4.78 is 10.2. The third kappa shape index (κ3) is 2.39. The lowest BCUT2D eigenvalue weighted by Gasteiger charge is -2.25. The fourth-order valence-corrected chi connectivity index (χ4v) is 1.54. The van der Waals surface area contributed by atoms with Gasteiger partial charge in [0.1, 0.15) is 5.78 Å². The van der Waals surface area contributed by atoms with Crippen LogP contribution in [-0.2, 0) is 14.3 Å². The van der Waals surface area contributed by atoms with Crippen molar-refractivity contribution < 1.29 is 14.3 Å². The number of rotatable bonds is 3. The van der Waals surface area contributed by atoms with Crippen LogP contribution in [0.2, 0.25) is 0 Å². The van der Waals surface area contributed by atoms with Gasteiger partial charge in [-0.1, -0.05) is 19.1 Å². The van der Waals surface area contributed by atoms with Crippen molar-refractivity contribution in [3.63, 3.8) is 0 Å². The number of Topliss-reactive ketones (excluding diaryl/α,β-unsaturated/α-hetero) is 1. The molecule has 0 saturated heterocycles. The van der Waals surface area contributed by atoms with Crippen LogP contribution in [-0.4, -0.2) is 26.3 Å². The maximum Gasteiger partial charge on any atom is 0.163 e. The Morgan fingerprint density at radius 1 is 1.38 bits per heavy atom. The second-order valence-corrected chi connectivity index (χ2v) is 3.35. The van der Waals surface area contributed by atoms with Crippen molar-refractivity contribution in [3.8, 4) is 0 Å². The maximum absolute atomic E-state index is 11.4. The van der Waals surface area contributed by atoms with Crippen LogP contribution in [0, 0.1) is 11.8 Å². The Morgan fingerprint density at radius 2 is 2.00 bits per heavy atom. The third-order valence-corrected chi connectivity index (χ3v) is 2.41. The topological polar surface area (TPSA) is 35.5 Å². The van der Waals surface area contributed by atoms with Crippen LogP contribution in [0.25, 0.3) is 0 Å². The second-order valence-electron chi connectivity index (χ2n) is 3.35. The first-order chi connectivity index (χ1) is 6.19. The smallest absolute Gasteiger partial charge is 0.163 e. The van der Waals surface area contributed by atoms with Gasteiger partial charge in [0.25, 0.3) is 0 Å². The van der Waals surface area contributed by atoms with E-state index < -0.39 is 0 Å². The molecule has 0 heterocycles. The van der Waals surface area contributed by atoms with Crippen LogP contribution >= 0.6 is 0 Å². The number of carbonyl (C=O) groups excluding carboxylic acids is 1. The molecule has 0 bridgehead atoms. The van der Waals surface area contributed by atoms with Crippen molar-refractivity contribution in [2.75, 3.05) is 14.2 Å². The highest BCUT2D eigenvalue weighted by Gasteiger charge is 2.26. The Hall–Kier alpha value is -0.670. The number of hydrogen-bond donors (Lipinski definition) is 0. The van der Waals surface area contributed by atoms with Crippen molar-refractivity contribution in [2.24, 2.45) is 11.8 Å². The average Bonchev–Trinajstić information content (AvgIpc) is 2.13. The lowest BCUT2D eigenvalue weighted by molar-refractivity contribution is -0.140. The molecule has 74 valence electrons. The minimum Gasteiger partial charge on any atom is -0.355 e. The van der Waals surface area contributed by atoms with Crippen LogP contribution in [0.5, 0.6) is 0 Å². The van der Waals surface area contributed by atoms with Gasteiger partial charge in [0.2, 0.25) is 0 Å². The first kappa shape index (κ1) is 10.4. The van der Waals surface area contributed by atoms with E-state index in [0.717, 1.165) is 0 Å². The normalized spacial score (nSPS) is 28.5. The molecule has 2 atom stereocenters. The van der Waals surface area contributed by atoms with Gasteiger partial charge in [0, 0.05) is 32.5 Å². The highest BCUT2D eigenvalue weighted by atomic mass is 16.7. The molecule has 0 amide bonds. The predicted octanol–water partition coefficient (Wildman–Crippen LogP) is 1.39. The van der Waals surface area contributed by atoms with Crippen LogP contribution in [0.4, 0.5) is 0 Å². The summed E-state index contributed by atoms with van der Waals surface area (Å²) in [6, 6.07) is 0. The molecule has 0 N–H and O–H groups in total. The van der Waals surface area contributed by atoms with E-state index >= 15 is 0 Å². The van der Waals surface area contributed by atoms with Crippen LogP contribution in [0.15, 0.2) is 12.2 Å². The zero-order valence-corrected chi connectivity index (χ0v) is 8.32. The highest BCUT2D eigenvalue weighted by molar-refractivity contribution is 5.83. The largest absolute Gasteiger partial charge is 0.355 e. The Bertz CT molecular complexity index is 206. The fraction of sp³-hybridized carbons (Fsp3) is 0.700. The van der Waals surface area contributed by atoms with E-state index in [1.165, 1.54) is 0 Å². The van der Waals surface area contributed by atoms with E-state index in [9.17, 15) is 4.79 Å². The van der Waals surface area contributed by atoms with Gasteiger partial charge in [-0.3, -0.25) is 4.79 Å². The Balaban J connectivity index is 2.63. The van der Waals surface area contributed by atoms with Crippen LogP contribution < -0.4 is 0 Å². The number of allylic oxidation sites excluding steroid dienone is 1. The molecule has 3 nitrogen and oxygen atoms in total. The molecule has 0 radical (unpaired) electrons. The van der Waals surface area contributed by atoms with E-state index in [1.54, 1.807) is 14.2 Å². The van der Waals surface area contributed by atoms with Gasteiger partial charge in [0.15, 0.2) is 6.29 Å². The van der Waals surface area contributed by atoms with E-state index in [4.69, 9.17) is 9.47 Å². The van der Waals surface area contributed by atoms with Crippen molar-refractivity contribution >= 4 is 5.78 Å². The number of methoxy groups -OCH3 is 2. The quantitative estimate of drug-likeness (QED) is 0.491. The lowest BCUT2D eigenvalue weighted by Crippen LogP contribution is -2.29. The van der Waals surface area contributed by atoms with Gasteiger partial charge in [-0.05, 0) is 0 Å². The minimum atomic E-state index is -0.298. The van der Waals surface area contributed by atoms with Crippen LogP contribution in [0.1, 0.15) is 13.3 Å². The summed E-state index contributed by atoms with van der Waals surface area (Å²) in [5.41, 5.74) is 0. The Labute approximate surface area is 78.7 Å². The fourth-order valence-electron chi connectivity index (χ4n) is 1.54. The summed E-state index contributed by atoms with van der Waals surface area (Å²) in [5.74, 6) is 0.371. The molecule has 0 unspecified atom stereocenters. The van der Waals surface area contributed by atoms with Gasteiger partial charge in [0.05, 0.1) is 0 Å². The summed E-state index contributed by atoms with van der Waals surface area (Å²) >= 11 is 0. The maximum atomic E-state index is 11.4. The van der Waals surface area contributed by atoms with E-state index in [2.05, 4.69) is 0 Å². The molecule has 13 heavy (non-hydrogen) atoms. The number of ketones is 1. The molecule has 0 saturated carbocycles. The molecule has 0 aliphatic heterocycles. The third-order valence-electron chi connectivity index (χ3n) is 2.41. The standard InChI is InChI=1S/C10H16O3/c1-7-4-5-8(6-9(7)11)10(12-2)13-3/h4-5,7-8,10H,6H2,1-3H3/t7-,8+/m1/s1. The summed E-state index contributed by atoms with van der Waals surface area (Å²) in [5, 5.41) is 0. The lowest BCUT2D eigenvalue weighted by atomic mass is 9.88.